The predicted molar refractivity (Wildman–Crippen MR) is 76.0 cm³/mol. The molecule has 118 valence electrons. The van der Waals surface area contributed by atoms with Crippen LogP contribution < -0.4 is 10.1 Å². The molecule has 1 N–H and O–H groups in total. The van der Waals surface area contributed by atoms with Crippen LogP contribution in [0.15, 0.2) is 34.9 Å². The second-order valence-electron chi connectivity index (χ2n) is 4.70. The van der Waals surface area contributed by atoms with Gasteiger partial charge in [-0.1, -0.05) is 0 Å². The van der Waals surface area contributed by atoms with Gasteiger partial charge in [0.25, 0.3) is 5.91 Å². The van der Waals surface area contributed by atoms with Crippen molar-refractivity contribution in [2.75, 3.05) is 13.7 Å². The van der Waals surface area contributed by atoms with E-state index in [2.05, 4.69) is 10.3 Å². The van der Waals surface area contributed by atoms with Crippen molar-refractivity contribution in [2.24, 2.45) is 0 Å². The molecule has 0 bridgehead atoms. The maximum Gasteiger partial charge on any atom is 0.273 e. The summed E-state index contributed by atoms with van der Waals surface area (Å²) < 4.78 is 28.3. The van der Waals surface area contributed by atoms with E-state index >= 15 is 0 Å². The topological polar surface area (TPSA) is 73.6 Å². The van der Waals surface area contributed by atoms with E-state index in [0.717, 1.165) is 0 Å². The molecule has 0 aliphatic carbocycles. The molecule has 2 aromatic rings. The van der Waals surface area contributed by atoms with Crippen LogP contribution in [0.25, 0.3) is 0 Å². The number of ether oxygens (including phenoxy) is 2. The van der Waals surface area contributed by atoms with Gasteiger partial charge in [-0.25, -0.2) is 9.37 Å². The summed E-state index contributed by atoms with van der Waals surface area (Å²) in [5.74, 6) is 0.0575. The molecule has 0 radical (unpaired) electrons. The van der Waals surface area contributed by atoms with Gasteiger partial charge in [0.15, 0.2) is 12.3 Å². The maximum absolute atomic E-state index is 12.8. The van der Waals surface area contributed by atoms with Crippen LogP contribution in [-0.2, 0) is 11.3 Å². The van der Waals surface area contributed by atoms with Gasteiger partial charge in [0.1, 0.15) is 17.8 Å². The quantitative estimate of drug-likeness (QED) is 0.848. The summed E-state index contributed by atoms with van der Waals surface area (Å²) in [4.78, 5) is 15.9. The lowest BCUT2D eigenvalue weighted by molar-refractivity contribution is 0.0900. The molecule has 0 spiro atoms. The Morgan fingerprint density at radius 2 is 2.14 bits per heavy atom. The average molecular weight is 308 g/mol. The van der Waals surface area contributed by atoms with Crippen LogP contribution >= 0.6 is 0 Å². The van der Waals surface area contributed by atoms with Crippen molar-refractivity contribution in [3.63, 3.8) is 0 Å². The molecule has 0 aliphatic heterocycles. The van der Waals surface area contributed by atoms with E-state index in [4.69, 9.17) is 13.9 Å². The first-order valence-electron chi connectivity index (χ1n) is 6.71. The Balaban J connectivity index is 1.88. The Morgan fingerprint density at radius 3 is 2.82 bits per heavy atom. The number of methoxy groups -OCH3 is 1. The fraction of sp³-hybridized carbons (Fsp3) is 0.333. The molecule has 2 rings (SSSR count). The van der Waals surface area contributed by atoms with Crippen LogP contribution in [0.4, 0.5) is 4.39 Å². The van der Waals surface area contributed by atoms with Crippen LogP contribution in [0.2, 0.25) is 0 Å². The number of amides is 1. The van der Waals surface area contributed by atoms with Gasteiger partial charge in [-0.3, -0.25) is 4.79 Å². The molecule has 0 saturated heterocycles. The third-order valence-electron chi connectivity index (χ3n) is 2.75. The van der Waals surface area contributed by atoms with Crippen molar-refractivity contribution >= 4 is 5.91 Å². The number of hydrogen-bond acceptors (Lipinski definition) is 5. The number of nitrogens with one attached hydrogen (secondary N) is 1. The Morgan fingerprint density at radius 1 is 1.41 bits per heavy atom. The van der Waals surface area contributed by atoms with Crippen molar-refractivity contribution in [3.8, 4) is 5.75 Å². The van der Waals surface area contributed by atoms with E-state index in [1.807, 2.05) is 6.92 Å². The zero-order valence-corrected chi connectivity index (χ0v) is 12.3. The number of halogens is 1. The summed E-state index contributed by atoms with van der Waals surface area (Å²) in [5, 5.41) is 2.72. The molecule has 1 aromatic carbocycles. The number of rotatable bonds is 7. The second kappa shape index (κ2) is 7.56. The summed E-state index contributed by atoms with van der Waals surface area (Å²) in [6.07, 6.45) is 1.26. The SMILES string of the molecule is COC[C@H](C)NC(=O)c1coc(COc2ccc(F)cc2)n1. The minimum atomic E-state index is -0.346. The van der Waals surface area contributed by atoms with Crippen LogP contribution in [-0.4, -0.2) is 30.6 Å². The lowest BCUT2D eigenvalue weighted by atomic mass is 10.3. The van der Waals surface area contributed by atoms with Gasteiger partial charge >= 0.3 is 0 Å². The largest absolute Gasteiger partial charge is 0.484 e. The zero-order chi connectivity index (χ0) is 15.9. The Kier molecular flexibility index (Phi) is 5.48. The summed E-state index contributed by atoms with van der Waals surface area (Å²) >= 11 is 0. The van der Waals surface area contributed by atoms with E-state index < -0.39 is 0 Å². The summed E-state index contributed by atoms with van der Waals surface area (Å²) in [6.45, 7) is 2.27. The Bertz CT molecular complexity index is 612. The minimum absolute atomic E-state index is 0.0482. The van der Waals surface area contributed by atoms with E-state index in [0.29, 0.717) is 12.4 Å². The lowest BCUT2D eigenvalue weighted by Crippen LogP contribution is -2.35. The fourth-order valence-corrected chi connectivity index (χ4v) is 1.75. The van der Waals surface area contributed by atoms with E-state index in [1.54, 1.807) is 7.11 Å². The highest BCUT2D eigenvalue weighted by molar-refractivity contribution is 5.92. The molecule has 0 saturated carbocycles. The monoisotopic (exact) mass is 308 g/mol. The van der Waals surface area contributed by atoms with Crippen molar-refractivity contribution in [3.05, 3.63) is 47.9 Å². The highest BCUT2D eigenvalue weighted by Crippen LogP contribution is 2.13. The predicted octanol–water partition coefficient (Wildman–Crippen LogP) is 2.16. The van der Waals surface area contributed by atoms with Crippen molar-refractivity contribution in [2.45, 2.75) is 19.6 Å². The van der Waals surface area contributed by atoms with Gasteiger partial charge in [-0.05, 0) is 31.2 Å². The normalized spacial score (nSPS) is 12.0. The van der Waals surface area contributed by atoms with Gasteiger partial charge in [-0.15, -0.1) is 0 Å². The van der Waals surface area contributed by atoms with Gasteiger partial charge in [-0.2, -0.15) is 0 Å². The molecular formula is C15H17FN2O4. The van der Waals surface area contributed by atoms with Crippen LogP contribution in [0, 0.1) is 5.82 Å². The molecule has 0 unspecified atom stereocenters. The minimum Gasteiger partial charge on any atom is -0.484 e. The summed E-state index contributed by atoms with van der Waals surface area (Å²) in [7, 11) is 1.56. The van der Waals surface area contributed by atoms with E-state index in [9.17, 15) is 9.18 Å². The number of aromatic nitrogens is 1. The maximum atomic E-state index is 12.8. The third kappa shape index (κ3) is 4.56. The summed E-state index contributed by atoms with van der Waals surface area (Å²) in [5.41, 5.74) is 0.167. The standard InChI is InChI=1S/C15H17FN2O4/c1-10(7-20-2)17-15(19)13-8-22-14(18-13)9-21-12-5-3-11(16)4-6-12/h3-6,8,10H,7,9H2,1-2H3,(H,17,19)/t10-/m0/s1. The van der Waals surface area contributed by atoms with Crippen LogP contribution in [0.1, 0.15) is 23.3 Å². The number of carbonyl (C=O) groups is 1. The van der Waals surface area contributed by atoms with Crippen LogP contribution in [0.5, 0.6) is 5.75 Å². The molecule has 1 atom stereocenters. The molecule has 1 amide bonds. The molecule has 22 heavy (non-hydrogen) atoms. The molecule has 6 nitrogen and oxygen atoms in total. The van der Waals surface area contributed by atoms with E-state index in [-0.39, 0.29) is 36.0 Å². The molecule has 7 heteroatoms. The first-order valence-corrected chi connectivity index (χ1v) is 6.71. The molecule has 1 heterocycles. The third-order valence-corrected chi connectivity index (χ3v) is 2.75. The van der Waals surface area contributed by atoms with Crippen molar-refractivity contribution in [1.82, 2.24) is 10.3 Å². The average Bonchev–Trinajstić information content (AvgIpc) is 2.96. The highest BCUT2D eigenvalue weighted by Gasteiger charge is 2.14. The Labute approximate surface area is 127 Å². The van der Waals surface area contributed by atoms with Gasteiger partial charge in [0.05, 0.1) is 6.61 Å². The molecular weight excluding hydrogens is 291 g/mol. The first-order chi connectivity index (χ1) is 10.6. The number of oxazole rings is 1. The Hall–Kier alpha value is -2.41. The smallest absolute Gasteiger partial charge is 0.273 e. The summed E-state index contributed by atoms with van der Waals surface area (Å²) in [6, 6.07) is 5.45. The zero-order valence-electron chi connectivity index (χ0n) is 12.3. The fourth-order valence-electron chi connectivity index (χ4n) is 1.75. The lowest BCUT2D eigenvalue weighted by Gasteiger charge is -2.10. The highest BCUT2D eigenvalue weighted by atomic mass is 19.1. The van der Waals surface area contributed by atoms with Crippen LogP contribution in [0.3, 0.4) is 0 Å². The van der Waals surface area contributed by atoms with Crippen molar-refractivity contribution < 1.29 is 23.1 Å². The number of nitrogens with zero attached hydrogens (tertiary/aromatic N) is 1. The number of carbonyl (C=O) groups excluding carboxylic acids is 1. The number of hydrogen-bond donors (Lipinski definition) is 1. The molecule has 1 aromatic heterocycles. The van der Waals surface area contributed by atoms with Gasteiger partial charge in [0, 0.05) is 13.2 Å². The molecule has 0 aliphatic rings. The van der Waals surface area contributed by atoms with Gasteiger partial charge in [0.2, 0.25) is 5.89 Å². The van der Waals surface area contributed by atoms with Gasteiger partial charge < -0.3 is 19.2 Å². The molecule has 0 fully saturated rings. The second-order valence-corrected chi connectivity index (χ2v) is 4.70. The van der Waals surface area contributed by atoms with Crippen molar-refractivity contribution in [1.29, 1.82) is 0 Å². The first kappa shape index (κ1) is 16.0. The number of benzene rings is 1. The van der Waals surface area contributed by atoms with E-state index in [1.165, 1.54) is 30.5 Å².